The number of oxazole rings is 1. The Morgan fingerprint density at radius 2 is 1.89 bits per heavy atom. The predicted octanol–water partition coefficient (Wildman–Crippen LogP) is 3.92. The van der Waals surface area contributed by atoms with Crippen LogP contribution in [0.2, 0.25) is 10.0 Å². The molecule has 28 heavy (non-hydrogen) atoms. The van der Waals surface area contributed by atoms with E-state index in [2.05, 4.69) is 10.3 Å². The first-order valence-electron chi connectivity index (χ1n) is 8.48. The lowest BCUT2D eigenvalue weighted by molar-refractivity contribution is -0.127. The third kappa shape index (κ3) is 4.91. The number of benzene rings is 2. The summed E-state index contributed by atoms with van der Waals surface area (Å²) in [4.78, 5) is 28.1. The molecule has 3 rings (SSSR count). The van der Waals surface area contributed by atoms with E-state index in [4.69, 9.17) is 33.4 Å². The maximum Gasteiger partial charge on any atom is 0.244 e. The highest BCUT2D eigenvalue weighted by molar-refractivity contribution is 6.36. The standard InChI is InChI=1S/C20H17Cl2N3O3/c21-13-6-7-14(15(22)10-13)16-11-24-18(28-16)9-8-17(26)25-19(20(23)27)12-4-2-1-3-5-12/h1-7,10-11,19H,8-9H2,(H2,23,27)(H,25,26). The molecule has 2 aromatic carbocycles. The Morgan fingerprint density at radius 1 is 1.14 bits per heavy atom. The second-order valence-electron chi connectivity index (χ2n) is 6.06. The summed E-state index contributed by atoms with van der Waals surface area (Å²) in [5.74, 6) is -0.102. The van der Waals surface area contributed by atoms with Crippen molar-refractivity contribution in [2.24, 2.45) is 5.73 Å². The molecule has 0 spiro atoms. The Labute approximate surface area is 171 Å². The van der Waals surface area contributed by atoms with Crippen LogP contribution in [0, 0.1) is 0 Å². The molecule has 0 saturated carbocycles. The Bertz CT molecular complexity index is 989. The number of primary amides is 1. The molecule has 0 radical (unpaired) electrons. The number of amides is 2. The van der Waals surface area contributed by atoms with Gasteiger partial charge in [0.15, 0.2) is 11.7 Å². The summed E-state index contributed by atoms with van der Waals surface area (Å²) in [6, 6.07) is 13.0. The number of rotatable bonds is 7. The zero-order valence-corrected chi connectivity index (χ0v) is 16.2. The number of aromatic nitrogens is 1. The third-order valence-corrected chi connectivity index (χ3v) is 4.59. The van der Waals surface area contributed by atoms with Gasteiger partial charge in [-0.3, -0.25) is 9.59 Å². The van der Waals surface area contributed by atoms with E-state index in [9.17, 15) is 9.59 Å². The van der Waals surface area contributed by atoms with E-state index in [1.807, 2.05) is 6.07 Å². The van der Waals surface area contributed by atoms with Crippen molar-refractivity contribution >= 4 is 35.0 Å². The van der Waals surface area contributed by atoms with E-state index in [1.54, 1.807) is 48.7 Å². The van der Waals surface area contributed by atoms with Crippen LogP contribution in [-0.4, -0.2) is 16.8 Å². The number of carbonyl (C=O) groups excluding carboxylic acids is 2. The fourth-order valence-corrected chi connectivity index (χ4v) is 3.16. The van der Waals surface area contributed by atoms with Gasteiger partial charge in [0.25, 0.3) is 0 Å². The summed E-state index contributed by atoms with van der Waals surface area (Å²) in [7, 11) is 0. The molecule has 0 bridgehead atoms. The van der Waals surface area contributed by atoms with Gasteiger partial charge in [-0.1, -0.05) is 53.5 Å². The first-order chi connectivity index (χ1) is 13.4. The van der Waals surface area contributed by atoms with Gasteiger partial charge in [0, 0.05) is 23.4 Å². The first kappa shape index (κ1) is 19.9. The topological polar surface area (TPSA) is 98.2 Å². The molecule has 3 N–H and O–H groups in total. The van der Waals surface area contributed by atoms with E-state index in [1.165, 1.54) is 0 Å². The monoisotopic (exact) mass is 417 g/mol. The van der Waals surface area contributed by atoms with Crippen LogP contribution in [0.25, 0.3) is 11.3 Å². The highest BCUT2D eigenvalue weighted by atomic mass is 35.5. The van der Waals surface area contributed by atoms with Crippen LogP contribution in [0.5, 0.6) is 0 Å². The minimum atomic E-state index is -0.887. The molecule has 1 unspecified atom stereocenters. The smallest absolute Gasteiger partial charge is 0.244 e. The number of aryl methyl sites for hydroxylation is 1. The molecule has 1 atom stereocenters. The number of nitrogens with one attached hydrogen (secondary N) is 1. The summed E-state index contributed by atoms with van der Waals surface area (Å²) >= 11 is 12.1. The summed E-state index contributed by atoms with van der Waals surface area (Å²) in [5.41, 5.74) is 6.69. The molecule has 0 fully saturated rings. The Kier molecular flexibility index (Phi) is 6.34. The zero-order chi connectivity index (χ0) is 20.1. The van der Waals surface area contributed by atoms with Crippen LogP contribution in [0.3, 0.4) is 0 Å². The maximum absolute atomic E-state index is 12.2. The number of carbonyl (C=O) groups is 2. The van der Waals surface area contributed by atoms with Gasteiger partial charge >= 0.3 is 0 Å². The molecule has 1 aromatic heterocycles. The van der Waals surface area contributed by atoms with Crippen molar-refractivity contribution in [2.75, 3.05) is 0 Å². The molecule has 0 aliphatic carbocycles. The lowest BCUT2D eigenvalue weighted by Gasteiger charge is -2.15. The van der Waals surface area contributed by atoms with Crippen LogP contribution >= 0.6 is 23.2 Å². The number of hydrogen-bond acceptors (Lipinski definition) is 4. The average molecular weight is 418 g/mol. The summed E-state index contributed by atoms with van der Waals surface area (Å²) in [5, 5.41) is 3.60. The van der Waals surface area contributed by atoms with Crippen LogP contribution in [0.4, 0.5) is 0 Å². The van der Waals surface area contributed by atoms with Gasteiger partial charge in [0.1, 0.15) is 6.04 Å². The molecule has 6 nitrogen and oxygen atoms in total. The van der Waals surface area contributed by atoms with Gasteiger partial charge < -0.3 is 15.5 Å². The molecule has 2 amide bonds. The van der Waals surface area contributed by atoms with Crippen LogP contribution in [0.15, 0.2) is 59.1 Å². The van der Waals surface area contributed by atoms with Crippen molar-refractivity contribution in [1.82, 2.24) is 10.3 Å². The van der Waals surface area contributed by atoms with Gasteiger partial charge in [-0.25, -0.2) is 4.98 Å². The van der Waals surface area contributed by atoms with Crippen molar-refractivity contribution in [3.05, 3.63) is 76.2 Å². The molecule has 0 aliphatic rings. The molecule has 1 heterocycles. The third-order valence-electron chi connectivity index (χ3n) is 4.04. The summed E-state index contributed by atoms with van der Waals surface area (Å²) < 4.78 is 5.67. The van der Waals surface area contributed by atoms with Crippen molar-refractivity contribution in [2.45, 2.75) is 18.9 Å². The Hall–Kier alpha value is -2.83. The van der Waals surface area contributed by atoms with Crippen molar-refractivity contribution in [3.8, 4) is 11.3 Å². The van der Waals surface area contributed by atoms with Gasteiger partial charge in [0.05, 0.1) is 11.2 Å². The highest BCUT2D eigenvalue weighted by Gasteiger charge is 2.20. The second-order valence-corrected chi connectivity index (χ2v) is 6.90. The van der Waals surface area contributed by atoms with Gasteiger partial charge in [-0.2, -0.15) is 0 Å². The van der Waals surface area contributed by atoms with Gasteiger partial charge in [-0.15, -0.1) is 0 Å². The summed E-state index contributed by atoms with van der Waals surface area (Å²) in [6.45, 7) is 0. The minimum absolute atomic E-state index is 0.0882. The molecule has 0 aliphatic heterocycles. The van der Waals surface area contributed by atoms with E-state index in [0.717, 1.165) is 0 Å². The SMILES string of the molecule is NC(=O)C(NC(=O)CCc1ncc(-c2ccc(Cl)cc2Cl)o1)c1ccccc1. The van der Waals surface area contributed by atoms with Crippen molar-refractivity contribution in [1.29, 1.82) is 0 Å². The summed E-state index contributed by atoms with van der Waals surface area (Å²) in [6.07, 6.45) is 1.89. The van der Waals surface area contributed by atoms with Crippen LogP contribution < -0.4 is 11.1 Å². The van der Waals surface area contributed by atoms with E-state index in [0.29, 0.717) is 32.8 Å². The quantitative estimate of drug-likeness (QED) is 0.608. The molecule has 8 heteroatoms. The molecule has 0 saturated heterocycles. The molecule has 3 aromatic rings. The minimum Gasteiger partial charge on any atom is -0.441 e. The molecular formula is C20H17Cl2N3O3. The lowest BCUT2D eigenvalue weighted by atomic mass is 10.1. The lowest BCUT2D eigenvalue weighted by Crippen LogP contribution is -2.37. The predicted molar refractivity (Wildman–Crippen MR) is 107 cm³/mol. The molecular weight excluding hydrogens is 401 g/mol. The van der Waals surface area contributed by atoms with E-state index >= 15 is 0 Å². The Balaban J connectivity index is 1.62. The van der Waals surface area contributed by atoms with Gasteiger partial charge in [-0.05, 0) is 23.8 Å². The fourth-order valence-electron chi connectivity index (χ4n) is 2.66. The number of nitrogens with two attached hydrogens (primary N) is 1. The number of halogens is 2. The van der Waals surface area contributed by atoms with Crippen LogP contribution in [-0.2, 0) is 16.0 Å². The van der Waals surface area contributed by atoms with Crippen molar-refractivity contribution < 1.29 is 14.0 Å². The fraction of sp³-hybridized carbons (Fsp3) is 0.150. The largest absolute Gasteiger partial charge is 0.441 e. The highest BCUT2D eigenvalue weighted by Crippen LogP contribution is 2.30. The number of hydrogen-bond donors (Lipinski definition) is 2. The first-order valence-corrected chi connectivity index (χ1v) is 9.23. The number of nitrogens with zero attached hydrogens (tertiary/aromatic N) is 1. The van der Waals surface area contributed by atoms with E-state index in [-0.39, 0.29) is 18.7 Å². The van der Waals surface area contributed by atoms with Crippen molar-refractivity contribution in [3.63, 3.8) is 0 Å². The van der Waals surface area contributed by atoms with Crippen LogP contribution in [0.1, 0.15) is 23.9 Å². The maximum atomic E-state index is 12.2. The Morgan fingerprint density at radius 3 is 2.57 bits per heavy atom. The second kappa shape index (κ2) is 8.91. The zero-order valence-electron chi connectivity index (χ0n) is 14.7. The van der Waals surface area contributed by atoms with E-state index < -0.39 is 11.9 Å². The average Bonchev–Trinajstić information content (AvgIpc) is 3.13. The molecule has 144 valence electrons. The van der Waals surface area contributed by atoms with Gasteiger partial charge in [0.2, 0.25) is 11.8 Å². The normalized spacial score (nSPS) is 11.8.